The summed E-state index contributed by atoms with van der Waals surface area (Å²) in [4.78, 5) is 21.7. The molecule has 0 aromatic heterocycles. The summed E-state index contributed by atoms with van der Waals surface area (Å²) >= 11 is 11.5. The predicted octanol–water partition coefficient (Wildman–Crippen LogP) is 1.57. The highest BCUT2D eigenvalue weighted by molar-refractivity contribution is 6.35. The third-order valence-corrected chi connectivity index (χ3v) is 2.31. The summed E-state index contributed by atoms with van der Waals surface area (Å²) in [6.07, 6.45) is 0.252. The third-order valence-electron chi connectivity index (χ3n) is 1.87. The normalized spacial score (nSPS) is 9.82. The van der Waals surface area contributed by atoms with Gasteiger partial charge in [-0.25, -0.2) is 5.06 Å². The molecule has 1 rings (SSSR count). The quantitative estimate of drug-likeness (QED) is 0.487. The zero-order valence-corrected chi connectivity index (χ0v) is 10.2. The van der Waals surface area contributed by atoms with E-state index in [1.54, 1.807) is 0 Å². The molecule has 0 radical (unpaired) electrons. The average molecular weight is 277 g/mol. The van der Waals surface area contributed by atoms with Crippen LogP contribution in [0.4, 0.5) is 0 Å². The molecule has 5 nitrogen and oxygen atoms in total. The van der Waals surface area contributed by atoms with Gasteiger partial charge in [-0.15, -0.1) is 0 Å². The van der Waals surface area contributed by atoms with Gasteiger partial charge in [0.1, 0.15) is 0 Å². The van der Waals surface area contributed by atoms with E-state index < -0.39 is 0 Å². The van der Waals surface area contributed by atoms with Crippen LogP contribution in [0.3, 0.4) is 0 Å². The number of carbonyl (C=O) groups excluding carboxylic acids is 2. The van der Waals surface area contributed by atoms with Crippen LogP contribution >= 0.6 is 23.2 Å². The largest absolute Gasteiger partial charge is 0.350 e. The number of carbonyl (C=O) groups is 2. The average Bonchev–Trinajstić information content (AvgIpc) is 2.27. The molecule has 0 fully saturated rings. The third kappa shape index (κ3) is 4.60. The fourth-order valence-corrected chi connectivity index (χ4v) is 1.65. The zero-order chi connectivity index (χ0) is 12.8. The Kier molecular flexibility index (Phi) is 5.21. The second kappa shape index (κ2) is 6.44. The van der Waals surface area contributed by atoms with Crippen LogP contribution in [-0.2, 0) is 4.79 Å². The fraction of sp³-hybridized carbons (Fsp3) is 0.200. The second-order valence-electron chi connectivity index (χ2n) is 3.18. The molecule has 0 aliphatic rings. The first-order valence-electron chi connectivity index (χ1n) is 4.68. The summed E-state index contributed by atoms with van der Waals surface area (Å²) < 4.78 is 0. The van der Waals surface area contributed by atoms with Crippen LogP contribution < -0.4 is 5.32 Å². The first-order chi connectivity index (χ1) is 8.02. The molecule has 0 spiro atoms. The number of halogens is 2. The van der Waals surface area contributed by atoms with Gasteiger partial charge in [-0.05, 0) is 18.2 Å². The molecular weight excluding hydrogens is 267 g/mol. The molecule has 7 heteroatoms. The van der Waals surface area contributed by atoms with E-state index in [1.165, 1.54) is 18.2 Å². The van der Waals surface area contributed by atoms with E-state index in [1.807, 2.05) is 0 Å². The summed E-state index contributed by atoms with van der Waals surface area (Å²) in [5.41, 5.74) is 0.318. The molecule has 0 atom stereocenters. The number of hydroxylamine groups is 2. The minimum Gasteiger partial charge on any atom is -0.350 e. The summed E-state index contributed by atoms with van der Waals surface area (Å²) in [6, 6.07) is 4.46. The Hall–Kier alpha value is -1.30. The number of benzene rings is 1. The van der Waals surface area contributed by atoms with Crippen molar-refractivity contribution in [3.63, 3.8) is 0 Å². The topological polar surface area (TPSA) is 69.6 Å². The molecule has 2 amide bonds. The maximum absolute atomic E-state index is 11.6. The van der Waals surface area contributed by atoms with Gasteiger partial charge in [0, 0.05) is 22.2 Å². The summed E-state index contributed by atoms with van der Waals surface area (Å²) in [6.45, 7) is 0.127. The van der Waals surface area contributed by atoms with Crippen molar-refractivity contribution in [1.29, 1.82) is 0 Å². The Balaban J connectivity index is 2.55. The molecule has 2 N–H and O–H groups in total. The van der Waals surface area contributed by atoms with Crippen molar-refractivity contribution >= 4 is 35.5 Å². The van der Waals surface area contributed by atoms with Gasteiger partial charge in [-0.2, -0.15) is 0 Å². The van der Waals surface area contributed by atoms with E-state index in [4.69, 9.17) is 28.4 Å². The molecule has 1 aromatic rings. The van der Waals surface area contributed by atoms with Crippen molar-refractivity contribution in [2.45, 2.75) is 0 Å². The lowest BCUT2D eigenvalue weighted by Gasteiger charge is -2.09. The smallest absolute Gasteiger partial charge is 0.251 e. The highest BCUT2D eigenvalue weighted by atomic mass is 35.5. The predicted molar refractivity (Wildman–Crippen MR) is 63.4 cm³/mol. The van der Waals surface area contributed by atoms with E-state index in [-0.39, 0.29) is 25.4 Å². The van der Waals surface area contributed by atoms with Crippen molar-refractivity contribution in [1.82, 2.24) is 10.4 Å². The maximum atomic E-state index is 11.6. The van der Waals surface area contributed by atoms with Crippen LogP contribution in [0.1, 0.15) is 10.4 Å². The lowest BCUT2D eigenvalue weighted by molar-refractivity contribution is -0.149. The van der Waals surface area contributed by atoms with Crippen LogP contribution in [0.25, 0.3) is 0 Å². The molecule has 1 aromatic carbocycles. The second-order valence-corrected chi connectivity index (χ2v) is 4.06. The highest BCUT2D eigenvalue weighted by Gasteiger charge is 2.07. The molecule has 0 heterocycles. The van der Waals surface area contributed by atoms with Crippen LogP contribution in [0.5, 0.6) is 0 Å². The minimum atomic E-state index is -0.381. The molecular formula is C10H10Cl2N2O3. The fourth-order valence-electron chi connectivity index (χ4n) is 1.12. The van der Waals surface area contributed by atoms with Crippen molar-refractivity contribution in [2.24, 2.45) is 0 Å². The van der Waals surface area contributed by atoms with Gasteiger partial charge in [-0.1, -0.05) is 23.2 Å². The van der Waals surface area contributed by atoms with Gasteiger partial charge in [0.2, 0.25) is 6.41 Å². The van der Waals surface area contributed by atoms with Crippen LogP contribution in [0, 0.1) is 0 Å². The van der Waals surface area contributed by atoms with E-state index in [9.17, 15) is 9.59 Å². The molecule has 0 saturated heterocycles. The van der Waals surface area contributed by atoms with E-state index in [2.05, 4.69) is 5.32 Å². The van der Waals surface area contributed by atoms with Crippen molar-refractivity contribution in [3.8, 4) is 0 Å². The van der Waals surface area contributed by atoms with Gasteiger partial charge >= 0.3 is 0 Å². The highest BCUT2D eigenvalue weighted by Crippen LogP contribution is 2.18. The molecule has 0 aliphatic carbocycles. The number of nitrogens with zero attached hydrogens (tertiary/aromatic N) is 1. The SMILES string of the molecule is O=CN(O)CCNC(=O)c1cc(Cl)cc(Cl)c1. The monoisotopic (exact) mass is 276 g/mol. The Morgan fingerprint density at radius 3 is 2.47 bits per heavy atom. The van der Waals surface area contributed by atoms with E-state index in [0.717, 1.165) is 0 Å². The summed E-state index contributed by atoms with van der Waals surface area (Å²) in [5.74, 6) is -0.381. The molecule has 92 valence electrons. The van der Waals surface area contributed by atoms with Crippen LogP contribution in [0.2, 0.25) is 10.0 Å². The maximum Gasteiger partial charge on any atom is 0.251 e. The van der Waals surface area contributed by atoms with Gasteiger partial charge in [-0.3, -0.25) is 14.8 Å². The van der Waals surface area contributed by atoms with Crippen molar-refractivity contribution in [2.75, 3.05) is 13.1 Å². The van der Waals surface area contributed by atoms with Crippen molar-refractivity contribution in [3.05, 3.63) is 33.8 Å². The lowest BCUT2D eigenvalue weighted by atomic mass is 10.2. The van der Waals surface area contributed by atoms with E-state index >= 15 is 0 Å². The molecule has 0 unspecified atom stereocenters. The van der Waals surface area contributed by atoms with Gasteiger partial charge in [0.15, 0.2) is 0 Å². The van der Waals surface area contributed by atoms with Gasteiger partial charge in [0.05, 0.1) is 6.54 Å². The molecule has 0 saturated carbocycles. The number of hydrogen-bond donors (Lipinski definition) is 2. The summed E-state index contributed by atoms with van der Waals surface area (Å²) in [7, 11) is 0. The van der Waals surface area contributed by atoms with Crippen LogP contribution in [-0.4, -0.2) is 35.7 Å². The first-order valence-corrected chi connectivity index (χ1v) is 5.43. The first kappa shape index (κ1) is 13.8. The zero-order valence-electron chi connectivity index (χ0n) is 8.69. The van der Waals surface area contributed by atoms with Gasteiger partial charge < -0.3 is 5.32 Å². The minimum absolute atomic E-state index is 0.00351. The number of hydrogen-bond acceptors (Lipinski definition) is 3. The van der Waals surface area contributed by atoms with Crippen molar-refractivity contribution < 1.29 is 14.8 Å². The standard InChI is InChI=1S/C10H10Cl2N2O3/c11-8-3-7(4-9(12)5-8)10(16)13-1-2-14(17)6-15/h3-6,17H,1-2H2,(H,13,16). The van der Waals surface area contributed by atoms with Gasteiger partial charge in [0.25, 0.3) is 5.91 Å². The Bertz CT molecular complexity index is 406. The number of rotatable bonds is 5. The number of amides is 2. The Morgan fingerprint density at radius 2 is 1.94 bits per heavy atom. The Morgan fingerprint density at radius 1 is 1.35 bits per heavy atom. The molecule has 0 bridgehead atoms. The Labute approximate surface area is 108 Å². The van der Waals surface area contributed by atoms with E-state index in [0.29, 0.717) is 20.7 Å². The lowest BCUT2D eigenvalue weighted by Crippen LogP contribution is -2.32. The summed E-state index contributed by atoms with van der Waals surface area (Å²) in [5, 5.41) is 12.5. The number of nitrogens with one attached hydrogen (secondary N) is 1. The van der Waals surface area contributed by atoms with Crippen LogP contribution in [0.15, 0.2) is 18.2 Å². The molecule has 0 aliphatic heterocycles. The molecule has 17 heavy (non-hydrogen) atoms.